The lowest BCUT2D eigenvalue weighted by Gasteiger charge is -2.19. The van der Waals surface area contributed by atoms with E-state index in [0.717, 1.165) is 13.0 Å². The molecule has 0 rings (SSSR count). The molecule has 0 fully saturated rings. The Kier molecular flexibility index (Phi) is 25.3. The summed E-state index contributed by atoms with van der Waals surface area (Å²) >= 11 is 0. The van der Waals surface area contributed by atoms with Gasteiger partial charge in [0.15, 0.2) is 0 Å². The van der Waals surface area contributed by atoms with E-state index in [9.17, 15) is 4.79 Å². The molecule has 0 aliphatic heterocycles. The van der Waals surface area contributed by atoms with E-state index >= 15 is 0 Å². The number of hydrogen-bond donors (Lipinski definition) is 1. The molecule has 0 unspecified atom stereocenters. The third-order valence-corrected chi connectivity index (χ3v) is 4.29. The summed E-state index contributed by atoms with van der Waals surface area (Å²) < 4.78 is 43.2. The van der Waals surface area contributed by atoms with Crippen LogP contribution in [0.15, 0.2) is 0 Å². The Hall–Kier alpha value is -1.01. The minimum absolute atomic E-state index is 0.394. The maximum atomic E-state index is 11.4. The Morgan fingerprint density at radius 2 is 0.914 bits per heavy atom. The van der Waals surface area contributed by atoms with Gasteiger partial charge in [-0.25, -0.2) is 4.79 Å². The van der Waals surface area contributed by atoms with Gasteiger partial charge >= 0.3 is 6.09 Å². The number of hydrogen-bond acceptors (Lipinski definition) is 9. The van der Waals surface area contributed by atoms with Crippen LogP contribution in [-0.4, -0.2) is 111 Å². The van der Waals surface area contributed by atoms with Crippen LogP contribution in [0.2, 0.25) is 0 Å². The second kappa shape index (κ2) is 26.1. The van der Waals surface area contributed by atoms with Crippen molar-refractivity contribution in [1.82, 2.24) is 5.32 Å². The molecule has 1 amide bonds. The fourth-order valence-electron chi connectivity index (χ4n) is 2.59. The van der Waals surface area contributed by atoms with Crippen molar-refractivity contribution in [3.63, 3.8) is 0 Å². The van der Waals surface area contributed by atoms with Crippen molar-refractivity contribution in [2.75, 3.05) is 99.0 Å². The van der Waals surface area contributed by atoms with Crippen LogP contribution < -0.4 is 5.32 Å². The Labute approximate surface area is 212 Å². The lowest BCUT2D eigenvalue weighted by molar-refractivity contribution is -0.0205. The number of unbranched alkanes of at least 4 members (excludes halogenated alkanes) is 3. The predicted octanol–water partition coefficient (Wildman–Crippen LogP) is 3.21. The van der Waals surface area contributed by atoms with Crippen LogP contribution in [0.4, 0.5) is 4.79 Å². The molecular weight excluding hydrogens is 458 g/mol. The number of alkyl carbamates (subject to hydrolysis) is 1. The maximum Gasteiger partial charge on any atom is 0.407 e. The first kappa shape index (κ1) is 34.0. The third-order valence-electron chi connectivity index (χ3n) is 4.29. The van der Waals surface area contributed by atoms with Gasteiger partial charge in [0, 0.05) is 13.2 Å². The molecule has 0 aliphatic carbocycles. The van der Waals surface area contributed by atoms with Crippen molar-refractivity contribution in [1.29, 1.82) is 0 Å². The minimum Gasteiger partial charge on any atom is -0.444 e. The topological polar surface area (TPSA) is 103 Å². The third kappa shape index (κ3) is 31.0. The van der Waals surface area contributed by atoms with Crippen LogP contribution in [-0.2, 0) is 37.9 Å². The Bertz CT molecular complexity index is 447. The van der Waals surface area contributed by atoms with E-state index < -0.39 is 11.7 Å². The van der Waals surface area contributed by atoms with Crippen molar-refractivity contribution >= 4 is 6.09 Å². The fourth-order valence-corrected chi connectivity index (χ4v) is 2.59. The highest BCUT2D eigenvalue weighted by molar-refractivity contribution is 5.67. The summed E-state index contributed by atoms with van der Waals surface area (Å²) in [6.07, 6.45) is 4.45. The molecule has 0 saturated heterocycles. The van der Waals surface area contributed by atoms with Crippen molar-refractivity contribution in [2.24, 2.45) is 0 Å². The number of carbonyl (C=O) groups excluding carboxylic acids is 1. The largest absolute Gasteiger partial charge is 0.444 e. The quantitative estimate of drug-likeness (QED) is 0.176. The molecule has 0 radical (unpaired) electrons. The molecule has 0 atom stereocenters. The summed E-state index contributed by atoms with van der Waals surface area (Å²) in [6.45, 7) is 15.7. The van der Waals surface area contributed by atoms with Crippen LogP contribution in [0.25, 0.3) is 0 Å². The monoisotopic (exact) mass is 509 g/mol. The molecule has 10 heteroatoms. The summed E-state index contributed by atoms with van der Waals surface area (Å²) in [6, 6.07) is 0. The Morgan fingerprint density at radius 3 is 1.29 bits per heavy atom. The number of rotatable bonds is 26. The summed E-state index contributed by atoms with van der Waals surface area (Å²) in [5.74, 6) is 0. The van der Waals surface area contributed by atoms with Gasteiger partial charge in [-0.2, -0.15) is 0 Å². The molecule has 0 bridgehead atoms. The Morgan fingerprint density at radius 1 is 0.543 bits per heavy atom. The standard InChI is InChI=1S/C25H51NO9/c1-5-6-7-8-10-28-12-14-30-16-18-32-20-22-34-23-21-33-19-17-31-15-13-29-11-9-26-24(27)35-25(2,3)4/h5-23H2,1-4H3,(H,26,27). The van der Waals surface area contributed by atoms with Crippen LogP contribution in [0.1, 0.15) is 53.4 Å². The van der Waals surface area contributed by atoms with Gasteiger partial charge in [-0.1, -0.05) is 26.2 Å². The zero-order valence-corrected chi connectivity index (χ0v) is 22.6. The van der Waals surface area contributed by atoms with Gasteiger partial charge in [-0.05, 0) is 27.2 Å². The molecule has 0 spiro atoms. The summed E-state index contributed by atoms with van der Waals surface area (Å²) in [4.78, 5) is 11.4. The predicted molar refractivity (Wildman–Crippen MR) is 134 cm³/mol. The average molecular weight is 510 g/mol. The second-order valence-electron chi connectivity index (χ2n) is 8.78. The molecule has 0 aromatic carbocycles. The van der Waals surface area contributed by atoms with Gasteiger partial charge in [-0.3, -0.25) is 0 Å². The minimum atomic E-state index is -0.500. The van der Waals surface area contributed by atoms with Gasteiger partial charge in [0.25, 0.3) is 0 Å². The van der Waals surface area contributed by atoms with E-state index in [0.29, 0.717) is 92.4 Å². The molecule has 10 nitrogen and oxygen atoms in total. The maximum absolute atomic E-state index is 11.4. The van der Waals surface area contributed by atoms with Gasteiger partial charge in [0.1, 0.15) is 5.60 Å². The van der Waals surface area contributed by atoms with Gasteiger partial charge < -0.3 is 43.2 Å². The summed E-state index contributed by atoms with van der Waals surface area (Å²) in [5, 5.41) is 2.63. The molecular formula is C25H51NO9. The van der Waals surface area contributed by atoms with E-state index in [1.165, 1.54) is 19.3 Å². The van der Waals surface area contributed by atoms with Crippen molar-refractivity contribution in [3.05, 3.63) is 0 Å². The highest BCUT2D eigenvalue weighted by Crippen LogP contribution is 2.06. The Balaban J connectivity index is 3.09. The first-order valence-corrected chi connectivity index (χ1v) is 13.0. The van der Waals surface area contributed by atoms with Crippen molar-refractivity contribution < 1.29 is 42.7 Å². The lowest BCUT2D eigenvalue weighted by atomic mass is 10.2. The molecule has 210 valence electrons. The van der Waals surface area contributed by atoms with Crippen LogP contribution >= 0.6 is 0 Å². The highest BCUT2D eigenvalue weighted by Gasteiger charge is 2.15. The first-order chi connectivity index (χ1) is 17.0. The zero-order valence-electron chi connectivity index (χ0n) is 22.6. The summed E-state index contributed by atoms with van der Waals surface area (Å²) in [7, 11) is 0. The molecule has 0 aliphatic rings. The van der Waals surface area contributed by atoms with E-state index in [-0.39, 0.29) is 0 Å². The van der Waals surface area contributed by atoms with E-state index in [1.807, 2.05) is 20.8 Å². The summed E-state index contributed by atoms with van der Waals surface area (Å²) in [5.41, 5.74) is -0.500. The SMILES string of the molecule is CCCCCCOCCOCCOCCOCCOCCOCCOCCNC(=O)OC(C)(C)C. The zero-order chi connectivity index (χ0) is 25.9. The number of nitrogens with one attached hydrogen (secondary N) is 1. The molecule has 1 N–H and O–H groups in total. The number of carbonyl (C=O) groups is 1. The number of ether oxygens (including phenoxy) is 8. The van der Waals surface area contributed by atoms with E-state index in [4.69, 9.17) is 37.9 Å². The van der Waals surface area contributed by atoms with Gasteiger partial charge in [0.05, 0.1) is 85.9 Å². The van der Waals surface area contributed by atoms with Crippen molar-refractivity contribution in [3.8, 4) is 0 Å². The highest BCUT2D eigenvalue weighted by atomic mass is 16.6. The number of amides is 1. The van der Waals surface area contributed by atoms with Crippen LogP contribution in [0, 0.1) is 0 Å². The van der Waals surface area contributed by atoms with Crippen LogP contribution in [0.5, 0.6) is 0 Å². The molecule has 0 aromatic rings. The first-order valence-electron chi connectivity index (χ1n) is 13.0. The normalized spacial score (nSPS) is 11.7. The van der Waals surface area contributed by atoms with Gasteiger partial charge in [0.2, 0.25) is 0 Å². The average Bonchev–Trinajstić information content (AvgIpc) is 2.80. The molecule has 0 saturated carbocycles. The van der Waals surface area contributed by atoms with E-state index in [2.05, 4.69) is 12.2 Å². The molecule has 35 heavy (non-hydrogen) atoms. The second-order valence-corrected chi connectivity index (χ2v) is 8.78. The fraction of sp³-hybridized carbons (Fsp3) is 0.960. The van der Waals surface area contributed by atoms with Gasteiger partial charge in [-0.15, -0.1) is 0 Å². The van der Waals surface area contributed by atoms with Crippen LogP contribution in [0.3, 0.4) is 0 Å². The molecule has 0 aromatic heterocycles. The van der Waals surface area contributed by atoms with Crippen molar-refractivity contribution in [2.45, 2.75) is 59.0 Å². The van der Waals surface area contributed by atoms with E-state index in [1.54, 1.807) is 0 Å². The lowest BCUT2D eigenvalue weighted by Crippen LogP contribution is -2.34. The smallest absolute Gasteiger partial charge is 0.407 e. The molecule has 0 heterocycles.